The van der Waals surface area contributed by atoms with Crippen molar-refractivity contribution in [3.8, 4) is 17.6 Å². The van der Waals surface area contributed by atoms with E-state index in [2.05, 4.69) is 22.5 Å². The van der Waals surface area contributed by atoms with Crippen LogP contribution in [-0.4, -0.2) is 25.0 Å². The molecule has 2 N–H and O–H groups in total. The Kier molecular flexibility index (Phi) is 8.47. The van der Waals surface area contributed by atoms with Crippen LogP contribution in [0.15, 0.2) is 42.0 Å². The van der Waals surface area contributed by atoms with Gasteiger partial charge in [-0.1, -0.05) is 24.3 Å². The molecule has 2 aliphatic rings. The summed E-state index contributed by atoms with van der Waals surface area (Å²) in [5, 5.41) is 5.18. The van der Waals surface area contributed by atoms with Crippen LogP contribution in [0.1, 0.15) is 48.5 Å². The maximum atomic E-state index is 14.0. The number of carbonyl (C=O) groups is 2. The lowest BCUT2D eigenvalue weighted by atomic mass is 9.83. The van der Waals surface area contributed by atoms with E-state index in [0.717, 1.165) is 24.1 Å². The first-order valence-electron chi connectivity index (χ1n) is 12.7. The molecule has 5 nitrogen and oxygen atoms in total. The number of unbranched alkanes of at least 4 members (excludes halogenated alkanes) is 1. The van der Waals surface area contributed by atoms with Crippen molar-refractivity contribution in [2.75, 3.05) is 12.4 Å². The molecule has 4 atom stereocenters. The summed E-state index contributed by atoms with van der Waals surface area (Å²) in [6.45, 7) is 1.97. The van der Waals surface area contributed by atoms with Gasteiger partial charge in [0.1, 0.15) is 11.6 Å². The van der Waals surface area contributed by atoms with Gasteiger partial charge in [0.25, 0.3) is 5.91 Å². The van der Waals surface area contributed by atoms with E-state index < -0.39 is 53.0 Å². The van der Waals surface area contributed by atoms with Gasteiger partial charge in [0.15, 0.2) is 11.6 Å². The summed E-state index contributed by atoms with van der Waals surface area (Å²) >= 11 is 0. The Hall–Kier alpha value is -3.94. The molecular weight excluding hydrogens is 538 g/mol. The molecule has 2 saturated carbocycles. The number of hydrogen-bond acceptors (Lipinski definition) is 3. The zero-order valence-corrected chi connectivity index (χ0v) is 21.6. The molecule has 40 heavy (non-hydrogen) atoms. The van der Waals surface area contributed by atoms with Crippen molar-refractivity contribution in [2.24, 2.45) is 17.8 Å². The lowest BCUT2D eigenvalue weighted by molar-refractivity contribution is -0.140. The number of fused-ring (bicyclic) bond motifs is 2. The van der Waals surface area contributed by atoms with Crippen LogP contribution in [0.5, 0.6) is 5.75 Å². The van der Waals surface area contributed by atoms with Gasteiger partial charge in [-0.25, -0.2) is 13.2 Å². The molecule has 0 heterocycles. The zero-order valence-electron chi connectivity index (χ0n) is 21.6. The molecule has 212 valence electrons. The van der Waals surface area contributed by atoms with Gasteiger partial charge in [-0.2, -0.15) is 13.2 Å². The van der Waals surface area contributed by atoms with Gasteiger partial charge in [0, 0.05) is 30.1 Å². The highest BCUT2D eigenvalue weighted by Gasteiger charge is 2.54. The third-order valence-electron chi connectivity index (χ3n) is 7.24. The van der Waals surface area contributed by atoms with E-state index in [1.807, 2.05) is 6.92 Å². The van der Waals surface area contributed by atoms with Crippen LogP contribution in [0.25, 0.3) is 0 Å². The van der Waals surface area contributed by atoms with Gasteiger partial charge >= 0.3 is 6.18 Å². The number of carbonyl (C=O) groups excluding carboxylic acids is 2. The maximum absolute atomic E-state index is 14.0. The molecule has 2 aliphatic carbocycles. The van der Waals surface area contributed by atoms with E-state index in [4.69, 9.17) is 4.74 Å². The third-order valence-corrected chi connectivity index (χ3v) is 7.24. The topological polar surface area (TPSA) is 67.4 Å². The molecule has 0 radical (unpaired) electrons. The summed E-state index contributed by atoms with van der Waals surface area (Å²) in [4.78, 5) is 26.7. The second-order valence-corrected chi connectivity index (χ2v) is 9.68. The molecule has 4 rings (SSSR count). The van der Waals surface area contributed by atoms with Crippen molar-refractivity contribution in [1.29, 1.82) is 0 Å². The summed E-state index contributed by atoms with van der Waals surface area (Å²) in [5.74, 6) is -1.31. The van der Waals surface area contributed by atoms with Crippen LogP contribution in [0, 0.1) is 47.0 Å². The highest BCUT2D eigenvalue weighted by atomic mass is 19.4. The number of hydrogen-bond donors (Lipinski definition) is 2. The molecule has 2 amide bonds. The summed E-state index contributed by atoms with van der Waals surface area (Å²) in [6.07, 6.45) is -0.579. The standard InChI is InChI=1S/C29H26F6N2O3/c1-3-4-5-6-7-16-17-9-10-18(16)26(37-27(38)19-13-22(31)23(32)14-24(19)40-2)25(17)28(39)36-15-8-11-21(30)20(12-15)29(33,34)35/h7-8,11-14,17-18,25-26H,3-4,9-10H2,1-2H3,(H,36,39)(H,37,38)/b16-7-/t17?,18?,25-,26+/m0/s1. The molecule has 0 spiro atoms. The van der Waals surface area contributed by atoms with Gasteiger partial charge in [0.2, 0.25) is 5.91 Å². The molecule has 11 heteroatoms. The first-order valence-corrected chi connectivity index (χ1v) is 12.7. The monoisotopic (exact) mass is 564 g/mol. The Labute approximate surface area is 227 Å². The number of methoxy groups -OCH3 is 1. The van der Waals surface area contributed by atoms with Crippen molar-refractivity contribution in [2.45, 2.75) is 44.8 Å². The number of anilines is 1. The van der Waals surface area contributed by atoms with Crippen LogP contribution in [0.4, 0.5) is 32.0 Å². The van der Waals surface area contributed by atoms with Crippen LogP contribution in [0.3, 0.4) is 0 Å². The van der Waals surface area contributed by atoms with E-state index in [1.54, 1.807) is 6.08 Å². The summed E-state index contributed by atoms with van der Waals surface area (Å²) < 4.78 is 86.1. The highest BCUT2D eigenvalue weighted by molar-refractivity contribution is 5.99. The fraction of sp³-hybridized carbons (Fsp3) is 0.379. The fourth-order valence-corrected chi connectivity index (χ4v) is 5.47. The first-order chi connectivity index (χ1) is 19.0. The van der Waals surface area contributed by atoms with Gasteiger partial charge in [-0.05, 0) is 55.5 Å². The molecule has 2 aromatic rings. The predicted molar refractivity (Wildman–Crippen MR) is 135 cm³/mol. The molecule has 0 saturated heterocycles. The number of amides is 2. The van der Waals surface area contributed by atoms with Crippen molar-refractivity contribution in [1.82, 2.24) is 5.32 Å². The Morgan fingerprint density at radius 1 is 1.05 bits per heavy atom. The van der Waals surface area contributed by atoms with Crippen molar-refractivity contribution < 1.29 is 40.7 Å². The third kappa shape index (κ3) is 5.81. The van der Waals surface area contributed by atoms with E-state index in [0.29, 0.717) is 37.5 Å². The number of ether oxygens (including phenoxy) is 1. The lowest BCUT2D eigenvalue weighted by Crippen LogP contribution is -2.48. The van der Waals surface area contributed by atoms with Crippen molar-refractivity contribution in [3.05, 3.63) is 70.6 Å². The molecule has 2 fully saturated rings. The minimum absolute atomic E-state index is 0.215. The molecular formula is C29H26F6N2O3. The average Bonchev–Trinajstić information content (AvgIpc) is 3.43. The van der Waals surface area contributed by atoms with Crippen LogP contribution in [0.2, 0.25) is 0 Å². The Balaban J connectivity index is 1.67. The van der Waals surface area contributed by atoms with Crippen molar-refractivity contribution in [3.63, 3.8) is 0 Å². The second-order valence-electron chi connectivity index (χ2n) is 9.68. The molecule has 0 aliphatic heterocycles. The Morgan fingerprint density at radius 2 is 1.75 bits per heavy atom. The Bertz CT molecular complexity index is 1410. The zero-order chi connectivity index (χ0) is 29.2. The van der Waals surface area contributed by atoms with Crippen molar-refractivity contribution >= 4 is 17.5 Å². The van der Waals surface area contributed by atoms with E-state index in [1.165, 1.54) is 7.11 Å². The highest BCUT2D eigenvalue weighted by Crippen LogP contribution is 2.53. The number of rotatable bonds is 6. The number of halogens is 6. The number of alkyl halides is 3. The summed E-state index contributed by atoms with van der Waals surface area (Å²) in [7, 11) is 1.19. The molecule has 2 aromatic carbocycles. The normalized spacial score (nSPS) is 22.6. The van der Waals surface area contributed by atoms with E-state index in [9.17, 15) is 35.9 Å². The second kappa shape index (κ2) is 11.7. The summed E-state index contributed by atoms with van der Waals surface area (Å²) in [5.41, 5.74) is -1.26. The Morgan fingerprint density at radius 3 is 2.42 bits per heavy atom. The first kappa shape index (κ1) is 29.1. The summed E-state index contributed by atoms with van der Waals surface area (Å²) in [6, 6.07) is 2.73. The van der Waals surface area contributed by atoms with Gasteiger partial charge < -0.3 is 15.4 Å². The molecule has 2 unspecified atom stereocenters. The lowest BCUT2D eigenvalue weighted by Gasteiger charge is -2.30. The van der Waals surface area contributed by atoms with E-state index in [-0.39, 0.29) is 28.8 Å². The minimum Gasteiger partial charge on any atom is -0.496 e. The van der Waals surface area contributed by atoms with Gasteiger partial charge in [0.05, 0.1) is 24.2 Å². The van der Waals surface area contributed by atoms with Crippen LogP contribution < -0.4 is 15.4 Å². The molecule has 2 bridgehead atoms. The minimum atomic E-state index is -4.97. The largest absolute Gasteiger partial charge is 0.496 e. The van der Waals surface area contributed by atoms with Crippen LogP contribution in [-0.2, 0) is 11.0 Å². The number of nitrogens with one attached hydrogen (secondary N) is 2. The smallest absolute Gasteiger partial charge is 0.419 e. The fourth-order valence-electron chi connectivity index (χ4n) is 5.47. The number of allylic oxidation sites excluding steroid dienone is 1. The maximum Gasteiger partial charge on any atom is 0.419 e. The molecule has 0 aromatic heterocycles. The number of benzene rings is 2. The van der Waals surface area contributed by atoms with Gasteiger partial charge in [-0.15, -0.1) is 0 Å². The van der Waals surface area contributed by atoms with E-state index >= 15 is 0 Å². The van der Waals surface area contributed by atoms with Gasteiger partial charge in [-0.3, -0.25) is 9.59 Å². The SMILES string of the molecule is CCCC#C/C=C1\C2CCC1[C@H](C(=O)Nc1ccc(F)c(C(F)(F)F)c1)[C@@H]2NC(=O)c1cc(F)c(F)cc1OC. The quantitative estimate of drug-likeness (QED) is 0.322. The van der Waals surface area contributed by atoms with Crippen LogP contribution >= 0.6 is 0 Å². The predicted octanol–water partition coefficient (Wildman–Crippen LogP) is 6.25. The average molecular weight is 565 g/mol.